The summed E-state index contributed by atoms with van der Waals surface area (Å²) in [5.41, 5.74) is 4.29. The van der Waals surface area contributed by atoms with E-state index in [-0.39, 0.29) is 18.4 Å². The van der Waals surface area contributed by atoms with Crippen LogP contribution in [0.5, 0.6) is 0 Å². The van der Waals surface area contributed by atoms with Gasteiger partial charge in [-0.05, 0) is 11.6 Å². The van der Waals surface area contributed by atoms with Crippen LogP contribution in [0.3, 0.4) is 0 Å². The summed E-state index contributed by atoms with van der Waals surface area (Å²) in [6.07, 6.45) is 4.49. The highest BCUT2D eigenvalue weighted by Gasteiger charge is 2.21. The predicted octanol–water partition coefficient (Wildman–Crippen LogP) is 1.67. The van der Waals surface area contributed by atoms with Crippen LogP contribution in [0.25, 0.3) is 10.9 Å². The minimum Gasteiger partial charge on any atom is -0.383 e. The number of hydrogen-bond donors (Lipinski definition) is 1. The third-order valence-corrected chi connectivity index (χ3v) is 5.44. The summed E-state index contributed by atoms with van der Waals surface area (Å²) in [5.74, 6) is -0.0774. The highest BCUT2D eigenvalue weighted by molar-refractivity contribution is 5.84. The van der Waals surface area contributed by atoms with Crippen LogP contribution in [0, 0.1) is 0 Å². The summed E-state index contributed by atoms with van der Waals surface area (Å²) in [5, 5.41) is 17.2. The molecule has 1 aromatic carbocycles. The van der Waals surface area contributed by atoms with Gasteiger partial charge in [0.1, 0.15) is 0 Å². The van der Waals surface area contributed by atoms with E-state index in [1.54, 1.807) is 11.8 Å². The van der Waals surface area contributed by atoms with Gasteiger partial charge in [-0.15, -0.1) is 5.10 Å². The smallest absolute Gasteiger partial charge is 0.226 e. The Labute approximate surface area is 179 Å². The van der Waals surface area contributed by atoms with Gasteiger partial charge < -0.3 is 10.1 Å². The highest BCUT2D eigenvalue weighted by atomic mass is 16.5. The number of methoxy groups -OCH3 is 1. The van der Waals surface area contributed by atoms with Crippen LogP contribution >= 0.6 is 0 Å². The van der Waals surface area contributed by atoms with Crippen molar-refractivity contribution in [1.82, 2.24) is 35.1 Å². The van der Waals surface area contributed by atoms with Gasteiger partial charge in [0.05, 0.1) is 61.0 Å². The number of amides is 1. The maximum absolute atomic E-state index is 12.9. The van der Waals surface area contributed by atoms with Crippen LogP contribution in [-0.2, 0) is 35.5 Å². The van der Waals surface area contributed by atoms with Crippen molar-refractivity contribution >= 4 is 16.8 Å². The number of nitrogens with one attached hydrogen (secondary N) is 1. The molecule has 1 amide bonds. The molecule has 0 saturated carbocycles. The zero-order valence-electron chi connectivity index (χ0n) is 17.2. The van der Waals surface area contributed by atoms with Crippen molar-refractivity contribution in [1.29, 1.82) is 0 Å². The van der Waals surface area contributed by atoms with E-state index >= 15 is 0 Å². The van der Waals surface area contributed by atoms with Crippen LogP contribution in [0.2, 0.25) is 0 Å². The van der Waals surface area contributed by atoms with E-state index in [9.17, 15) is 4.79 Å². The lowest BCUT2D eigenvalue weighted by molar-refractivity contribution is -0.121. The molecule has 4 bridgehead atoms. The number of ether oxygens (including phenoxy) is 1. The molecule has 0 spiro atoms. The van der Waals surface area contributed by atoms with E-state index in [1.807, 2.05) is 53.5 Å². The van der Waals surface area contributed by atoms with Crippen molar-refractivity contribution in [2.24, 2.45) is 0 Å². The van der Waals surface area contributed by atoms with Crippen molar-refractivity contribution in [3.8, 4) is 0 Å². The number of pyridine rings is 1. The van der Waals surface area contributed by atoms with Gasteiger partial charge >= 0.3 is 0 Å². The number of nitrogens with zero attached hydrogens (tertiary/aromatic N) is 6. The molecular formula is C22H23N7O2. The largest absolute Gasteiger partial charge is 0.383 e. The van der Waals surface area contributed by atoms with Gasteiger partial charge in [-0.1, -0.05) is 35.5 Å². The Hall–Kier alpha value is -3.59. The number of benzene rings is 1. The second kappa shape index (κ2) is 8.27. The molecule has 5 rings (SSSR count). The topological polar surface area (TPSA) is 99.8 Å². The lowest BCUT2D eigenvalue weighted by atomic mass is 10.0. The molecule has 158 valence electrons. The molecule has 1 N–H and O–H groups in total. The fourth-order valence-electron chi connectivity index (χ4n) is 4.03. The summed E-state index contributed by atoms with van der Waals surface area (Å²) in [4.78, 5) is 17.7. The van der Waals surface area contributed by atoms with Crippen LogP contribution in [0.1, 0.15) is 28.7 Å². The minimum absolute atomic E-state index is 0.0774. The average molecular weight is 417 g/mol. The quantitative estimate of drug-likeness (QED) is 0.542. The second-order valence-electron chi connectivity index (χ2n) is 7.68. The summed E-state index contributed by atoms with van der Waals surface area (Å²) in [6, 6.07) is 11.7. The summed E-state index contributed by atoms with van der Waals surface area (Å²) >= 11 is 0. The first-order valence-electron chi connectivity index (χ1n) is 10.3. The van der Waals surface area contributed by atoms with Gasteiger partial charge in [-0.2, -0.15) is 5.10 Å². The van der Waals surface area contributed by atoms with Crippen LogP contribution in [0.4, 0.5) is 0 Å². The Morgan fingerprint density at radius 3 is 2.94 bits per heavy atom. The summed E-state index contributed by atoms with van der Waals surface area (Å²) < 4.78 is 8.89. The first kappa shape index (κ1) is 19.4. The molecule has 1 unspecified atom stereocenters. The number of carbonyl (C=O) groups is 1. The van der Waals surface area contributed by atoms with E-state index in [1.165, 1.54) is 0 Å². The van der Waals surface area contributed by atoms with Gasteiger partial charge in [-0.25, -0.2) is 4.68 Å². The van der Waals surface area contributed by atoms with Crippen LogP contribution in [0.15, 0.2) is 48.8 Å². The van der Waals surface area contributed by atoms with Crippen molar-refractivity contribution in [3.63, 3.8) is 0 Å². The maximum atomic E-state index is 12.9. The normalized spacial score (nSPS) is 16.5. The van der Waals surface area contributed by atoms with Crippen LogP contribution in [-0.4, -0.2) is 49.4 Å². The Bertz CT molecular complexity index is 1220. The lowest BCUT2D eigenvalue weighted by Crippen LogP contribution is -2.31. The van der Waals surface area contributed by atoms with Crippen molar-refractivity contribution in [2.75, 3.05) is 13.7 Å². The van der Waals surface area contributed by atoms with E-state index < -0.39 is 0 Å². The van der Waals surface area contributed by atoms with E-state index in [4.69, 9.17) is 9.72 Å². The second-order valence-corrected chi connectivity index (χ2v) is 7.68. The Kier molecular flexibility index (Phi) is 5.17. The number of hydrogen-bond acceptors (Lipinski definition) is 6. The average Bonchev–Trinajstić information content (AvgIpc) is 3.38. The molecule has 3 aromatic heterocycles. The SMILES string of the molecule is COCCn1ncc2cc3nc(c21)Cn1cc(nn1)CC(c1ccccc1)NC(=O)C3. The van der Waals surface area contributed by atoms with Gasteiger partial charge in [0, 0.05) is 25.1 Å². The molecule has 1 atom stereocenters. The Morgan fingerprint density at radius 1 is 1.23 bits per heavy atom. The van der Waals surface area contributed by atoms with Gasteiger partial charge in [-0.3, -0.25) is 14.5 Å². The molecular weight excluding hydrogens is 394 g/mol. The molecule has 0 saturated heterocycles. The van der Waals surface area contributed by atoms with E-state index in [0.717, 1.165) is 27.9 Å². The standard InChI is InChI=1S/C22H23N7O2/c1-31-8-7-29-22-16(12-23-29)9-17-11-21(30)25-19(15-5-3-2-4-6-15)10-18-13-28(27-26-18)14-20(22)24-17/h2-6,9,12-13,19H,7-8,10-11,14H2,1H3,(H,25,30). The van der Waals surface area contributed by atoms with Gasteiger partial charge in [0.15, 0.2) is 0 Å². The Morgan fingerprint density at radius 2 is 2.10 bits per heavy atom. The third-order valence-electron chi connectivity index (χ3n) is 5.44. The van der Waals surface area contributed by atoms with Crippen molar-refractivity contribution < 1.29 is 9.53 Å². The molecule has 31 heavy (non-hydrogen) atoms. The lowest BCUT2D eigenvalue weighted by Gasteiger charge is -2.19. The predicted molar refractivity (Wildman–Crippen MR) is 113 cm³/mol. The minimum atomic E-state index is -0.182. The summed E-state index contributed by atoms with van der Waals surface area (Å²) in [7, 11) is 1.67. The fraction of sp³-hybridized carbons (Fsp3) is 0.318. The molecule has 1 aliphatic rings. The molecule has 9 nitrogen and oxygen atoms in total. The molecule has 1 aliphatic heterocycles. The van der Waals surface area contributed by atoms with Crippen LogP contribution < -0.4 is 5.32 Å². The summed E-state index contributed by atoms with van der Waals surface area (Å²) in [6.45, 7) is 1.62. The van der Waals surface area contributed by atoms with Crippen molar-refractivity contribution in [3.05, 3.63) is 71.4 Å². The van der Waals surface area contributed by atoms with E-state index in [0.29, 0.717) is 31.8 Å². The molecule has 9 heteroatoms. The molecule has 4 heterocycles. The van der Waals surface area contributed by atoms with Gasteiger partial charge in [0.25, 0.3) is 0 Å². The number of carbonyl (C=O) groups excluding carboxylic acids is 1. The monoisotopic (exact) mass is 417 g/mol. The highest BCUT2D eigenvalue weighted by Crippen LogP contribution is 2.22. The maximum Gasteiger partial charge on any atom is 0.226 e. The molecule has 0 radical (unpaired) electrons. The molecule has 4 aromatic rings. The fourth-order valence-corrected chi connectivity index (χ4v) is 4.03. The third kappa shape index (κ3) is 4.04. The van der Waals surface area contributed by atoms with Gasteiger partial charge in [0.2, 0.25) is 5.91 Å². The zero-order chi connectivity index (χ0) is 21.2. The Balaban J connectivity index is 1.56. The van der Waals surface area contributed by atoms with E-state index in [2.05, 4.69) is 20.7 Å². The number of fused-ring (bicyclic) bond motifs is 6. The number of rotatable bonds is 4. The molecule has 0 aliphatic carbocycles. The first-order chi connectivity index (χ1) is 15.2. The zero-order valence-corrected chi connectivity index (χ0v) is 17.2. The molecule has 0 fully saturated rings. The number of aromatic nitrogens is 6. The first-order valence-corrected chi connectivity index (χ1v) is 10.3. The van der Waals surface area contributed by atoms with Crippen molar-refractivity contribution in [2.45, 2.75) is 32.0 Å².